The molecule has 0 amide bonds. The second-order valence-electron chi connectivity index (χ2n) is 4.90. The number of pyridine rings is 1. The van der Waals surface area contributed by atoms with E-state index in [1.54, 1.807) is 24.5 Å². The highest BCUT2D eigenvalue weighted by atomic mass is 16.3. The molecule has 1 aromatic rings. The van der Waals surface area contributed by atoms with Crippen LogP contribution in [0.25, 0.3) is 0 Å². The standard InChI is InChI=1S/C12H19NO2/c1-9(2)10-5-6-11(14)13(7-10)8-12(3,4)15/h5-7,9,15H,8H2,1-4H3. The molecule has 1 N–H and O–H groups in total. The van der Waals surface area contributed by atoms with Crippen molar-refractivity contribution in [2.75, 3.05) is 0 Å². The predicted octanol–water partition coefficient (Wildman–Crippen LogP) is 1.74. The monoisotopic (exact) mass is 209 g/mol. The van der Waals surface area contributed by atoms with E-state index in [2.05, 4.69) is 13.8 Å². The Morgan fingerprint density at radius 1 is 1.40 bits per heavy atom. The first-order chi connectivity index (χ1) is 6.79. The highest BCUT2D eigenvalue weighted by Gasteiger charge is 2.14. The van der Waals surface area contributed by atoms with Crippen molar-refractivity contribution in [3.63, 3.8) is 0 Å². The predicted molar refractivity (Wildman–Crippen MR) is 61.1 cm³/mol. The number of rotatable bonds is 3. The molecule has 1 aromatic heterocycles. The van der Waals surface area contributed by atoms with Crippen LogP contribution in [-0.4, -0.2) is 15.3 Å². The zero-order valence-electron chi connectivity index (χ0n) is 9.82. The Kier molecular flexibility index (Phi) is 3.35. The van der Waals surface area contributed by atoms with Crippen molar-refractivity contribution in [2.45, 2.75) is 45.8 Å². The van der Waals surface area contributed by atoms with E-state index >= 15 is 0 Å². The first kappa shape index (κ1) is 12.0. The zero-order chi connectivity index (χ0) is 11.6. The maximum Gasteiger partial charge on any atom is 0.250 e. The fraction of sp³-hybridized carbons (Fsp3) is 0.583. The maximum atomic E-state index is 11.5. The number of nitrogens with zero attached hydrogens (tertiary/aromatic N) is 1. The highest BCUT2D eigenvalue weighted by Crippen LogP contribution is 2.12. The first-order valence-corrected chi connectivity index (χ1v) is 5.22. The van der Waals surface area contributed by atoms with E-state index in [4.69, 9.17) is 0 Å². The number of aliphatic hydroxyl groups is 1. The molecular weight excluding hydrogens is 190 g/mol. The third-order valence-electron chi connectivity index (χ3n) is 2.23. The van der Waals surface area contributed by atoms with Gasteiger partial charge >= 0.3 is 0 Å². The van der Waals surface area contributed by atoms with Crippen molar-refractivity contribution in [2.24, 2.45) is 0 Å². The second-order valence-corrected chi connectivity index (χ2v) is 4.90. The van der Waals surface area contributed by atoms with Gasteiger partial charge in [0, 0.05) is 12.3 Å². The minimum atomic E-state index is -0.862. The zero-order valence-corrected chi connectivity index (χ0v) is 9.82. The van der Waals surface area contributed by atoms with Crippen LogP contribution >= 0.6 is 0 Å². The van der Waals surface area contributed by atoms with Crippen LogP contribution in [0.1, 0.15) is 39.2 Å². The van der Waals surface area contributed by atoms with Crippen molar-refractivity contribution in [3.8, 4) is 0 Å². The number of aromatic nitrogens is 1. The van der Waals surface area contributed by atoms with Gasteiger partial charge in [-0.25, -0.2) is 0 Å². The molecule has 0 fully saturated rings. The van der Waals surface area contributed by atoms with E-state index < -0.39 is 5.60 Å². The van der Waals surface area contributed by atoms with Crippen LogP contribution in [-0.2, 0) is 6.54 Å². The first-order valence-electron chi connectivity index (χ1n) is 5.22. The summed E-state index contributed by atoms with van der Waals surface area (Å²) in [5, 5.41) is 9.67. The van der Waals surface area contributed by atoms with Gasteiger partial charge in [0.05, 0.1) is 12.1 Å². The van der Waals surface area contributed by atoms with Crippen molar-refractivity contribution < 1.29 is 5.11 Å². The van der Waals surface area contributed by atoms with E-state index in [0.29, 0.717) is 12.5 Å². The smallest absolute Gasteiger partial charge is 0.250 e. The Morgan fingerprint density at radius 2 is 2.00 bits per heavy atom. The topological polar surface area (TPSA) is 42.2 Å². The van der Waals surface area contributed by atoms with Crippen molar-refractivity contribution in [3.05, 3.63) is 34.2 Å². The molecule has 3 nitrogen and oxygen atoms in total. The van der Waals surface area contributed by atoms with Gasteiger partial charge in [0.1, 0.15) is 0 Å². The molecule has 0 radical (unpaired) electrons. The highest BCUT2D eigenvalue weighted by molar-refractivity contribution is 5.14. The van der Waals surface area contributed by atoms with Crippen LogP contribution in [0.15, 0.2) is 23.1 Å². The summed E-state index contributed by atoms with van der Waals surface area (Å²) in [6.07, 6.45) is 1.82. The fourth-order valence-electron chi connectivity index (χ4n) is 1.43. The number of hydrogen-bond acceptors (Lipinski definition) is 2. The van der Waals surface area contributed by atoms with Gasteiger partial charge in [0.25, 0.3) is 5.56 Å². The quantitative estimate of drug-likeness (QED) is 0.824. The number of hydrogen-bond donors (Lipinski definition) is 1. The van der Waals surface area contributed by atoms with Gasteiger partial charge in [-0.3, -0.25) is 4.79 Å². The molecule has 0 saturated carbocycles. The Morgan fingerprint density at radius 3 is 2.47 bits per heavy atom. The van der Waals surface area contributed by atoms with Gasteiger partial charge in [-0.2, -0.15) is 0 Å². The van der Waals surface area contributed by atoms with E-state index in [9.17, 15) is 9.90 Å². The van der Waals surface area contributed by atoms with E-state index in [0.717, 1.165) is 5.56 Å². The molecule has 84 valence electrons. The van der Waals surface area contributed by atoms with Crippen LogP contribution in [0.5, 0.6) is 0 Å². The molecule has 0 aliphatic rings. The Labute approximate surface area is 90.4 Å². The van der Waals surface area contributed by atoms with Crippen molar-refractivity contribution >= 4 is 0 Å². The summed E-state index contributed by atoms with van der Waals surface area (Å²) in [6, 6.07) is 3.40. The molecule has 0 spiro atoms. The molecule has 1 rings (SSSR count). The van der Waals surface area contributed by atoms with Gasteiger partial charge in [0.2, 0.25) is 0 Å². The van der Waals surface area contributed by atoms with Gasteiger partial charge < -0.3 is 9.67 Å². The SMILES string of the molecule is CC(C)c1ccc(=O)n(CC(C)(C)O)c1. The molecule has 0 atom stereocenters. The Bertz CT molecular complexity index is 385. The summed E-state index contributed by atoms with van der Waals surface area (Å²) in [7, 11) is 0. The summed E-state index contributed by atoms with van der Waals surface area (Å²) < 4.78 is 1.56. The van der Waals surface area contributed by atoms with E-state index in [1.807, 2.05) is 12.3 Å². The molecule has 0 saturated heterocycles. The van der Waals surface area contributed by atoms with E-state index in [1.165, 1.54) is 0 Å². The van der Waals surface area contributed by atoms with Crippen LogP contribution < -0.4 is 5.56 Å². The second kappa shape index (κ2) is 4.19. The molecule has 15 heavy (non-hydrogen) atoms. The average molecular weight is 209 g/mol. The summed E-state index contributed by atoms with van der Waals surface area (Å²) >= 11 is 0. The molecule has 0 unspecified atom stereocenters. The largest absolute Gasteiger partial charge is 0.389 e. The lowest BCUT2D eigenvalue weighted by Crippen LogP contribution is -2.32. The van der Waals surface area contributed by atoms with Gasteiger partial charge in [-0.15, -0.1) is 0 Å². The summed E-state index contributed by atoms with van der Waals surface area (Å²) in [5.41, 5.74) is 0.180. The van der Waals surface area contributed by atoms with E-state index in [-0.39, 0.29) is 5.56 Å². The molecule has 1 heterocycles. The lowest BCUT2D eigenvalue weighted by Gasteiger charge is -2.19. The fourth-order valence-corrected chi connectivity index (χ4v) is 1.43. The molecule has 0 aliphatic heterocycles. The molecule has 0 bridgehead atoms. The Balaban J connectivity index is 3.06. The van der Waals surface area contributed by atoms with Crippen LogP contribution in [0, 0.1) is 0 Å². The lowest BCUT2D eigenvalue weighted by molar-refractivity contribution is 0.0603. The summed E-state index contributed by atoms with van der Waals surface area (Å²) in [5.74, 6) is 0.388. The average Bonchev–Trinajstić information content (AvgIpc) is 2.06. The Hall–Kier alpha value is -1.09. The molecule has 3 heteroatoms. The van der Waals surface area contributed by atoms with Crippen molar-refractivity contribution in [1.82, 2.24) is 4.57 Å². The third-order valence-corrected chi connectivity index (χ3v) is 2.23. The van der Waals surface area contributed by atoms with Crippen LogP contribution in [0.3, 0.4) is 0 Å². The van der Waals surface area contributed by atoms with Gasteiger partial charge in [0.15, 0.2) is 0 Å². The molecule has 0 aromatic carbocycles. The normalized spacial score (nSPS) is 12.1. The van der Waals surface area contributed by atoms with Crippen LogP contribution in [0.2, 0.25) is 0 Å². The van der Waals surface area contributed by atoms with Crippen molar-refractivity contribution in [1.29, 1.82) is 0 Å². The minimum Gasteiger partial charge on any atom is -0.389 e. The molecular formula is C12H19NO2. The minimum absolute atomic E-state index is 0.0680. The maximum absolute atomic E-state index is 11.5. The summed E-state index contributed by atoms with van der Waals surface area (Å²) in [4.78, 5) is 11.5. The molecule has 0 aliphatic carbocycles. The summed E-state index contributed by atoms with van der Waals surface area (Å²) in [6.45, 7) is 7.87. The lowest BCUT2D eigenvalue weighted by atomic mass is 10.1. The van der Waals surface area contributed by atoms with Gasteiger partial charge in [-0.1, -0.05) is 19.9 Å². The van der Waals surface area contributed by atoms with Gasteiger partial charge in [-0.05, 0) is 25.3 Å². The van der Waals surface area contributed by atoms with Crippen LogP contribution in [0.4, 0.5) is 0 Å². The third kappa shape index (κ3) is 3.51.